The number of rotatable bonds is 6. The average molecular weight is 450 g/mol. The Morgan fingerprint density at radius 3 is 2.58 bits per heavy atom. The van der Waals surface area contributed by atoms with Crippen molar-refractivity contribution in [3.8, 4) is 11.1 Å². The summed E-state index contributed by atoms with van der Waals surface area (Å²) in [6.07, 6.45) is 9.91. The Hall–Kier alpha value is -3.48. The monoisotopic (exact) mass is 449 g/mol. The first-order valence-electron chi connectivity index (χ1n) is 10.8. The van der Waals surface area contributed by atoms with Crippen LogP contribution in [0.15, 0.2) is 49.1 Å². The Morgan fingerprint density at radius 2 is 1.85 bits per heavy atom. The van der Waals surface area contributed by atoms with Gasteiger partial charge in [0.1, 0.15) is 23.6 Å². The number of nitrogens with zero attached hydrogens (tertiary/aromatic N) is 3. The fourth-order valence-electron chi connectivity index (χ4n) is 4.02. The summed E-state index contributed by atoms with van der Waals surface area (Å²) < 4.78 is 33.3. The third-order valence-electron chi connectivity index (χ3n) is 5.29. The molecule has 0 spiro atoms. The number of hydrogen-bond acceptors (Lipinski definition) is 5. The summed E-state index contributed by atoms with van der Waals surface area (Å²) in [7, 11) is 0. The second-order valence-corrected chi connectivity index (χ2v) is 9.16. The Kier molecular flexibility index (Phi) is 6.31. The Bertz CT molecular complexity index is 1200. The van der Waals surface area contributed by atoms with Crippen LogP contribution in [-0.4, -0.2) is 26.5 Å². The molecule has 3 aromatic rings. The lowest BCUT2D eigenvalue weighted by atomic mass is 9.88. The molecule has 1 atom stereocenters. The minimum atomic E-state index is -0.668. The van der Waals surface area contributed by atoms with E-state index in [1.54, 1.807) is 33.2 Å². The van der Waals surface area contributed by atoms with Gasteiger partial charge in [-0.3, -0.25) is 9.78 Å². The maximum Gasteiger partial charge on any atom is 0.306 e. The number of halogens is 2. The van der Waals surface area contributed by atoms with Gasteiger partial charge < -0.3 is 4.74 Å². The first kappa shape index (κ1) is 22.7. The van der Waals surface area contributed by atoms with Crippen molar-refractivity contribution in [3.05, 3.63) is 83.2 Å². The third kappa shape index (κ3) is 5.66. The summed E-state index contributed by atoms with van der Waals surface area (Å²) >= 11 is 0. The van der Waals surface area contributed by atoms with Gasteiger partial charge in [-0.15, -0.1) is 0 Å². The van der Waals surface area contributed by atoms with E-state index in [1.165, 1.54) is 18.5 Å². The largest absolute Gasteiger partial charge is 0.460 e. The van der Waals surface area contributed by atoms with Crippen molar-refractivity contribution in [1.29, 1.82) is 0 Å². The zero-order valence-corrected chi connectivity index (χ0v) is 18.8. The van der Waals surface area contributed by atoms with Crippen molar-refractivity contribution in [3.63, 3.8) is 0 Å². The van der Waals surface area contributed by atoms with Gasteiger partial charge >= 0.3 is 5.97 Å². The molecule has 1 aliphatic rings. The number of pyridine rings is 1. The molecule has 170 valence electrons. The van der Waals surface area contributed by atoms with E-state index in [0.29, 0.717) is 11.3 Å². The number of allylic oxidation sites excluding steroid dienone is 1. The molecule has 0 unspecified atom stereocenters. The maximum atomic E-state index is 13.9. The number of benzene rings is 1. The Balaban J connectivity index is 1.73. The van der Waals surface area contributed by atoms with Crippen LogP contribution >= 0.6 is 0 Å². The Morgan fingerprint density at radius 1 is 1.09 bits per heavy atom. The molecule has 4 rings (SSSR count). The topological polar surface area (TPSA) is 65.0 Å². The van der Waals surface area contributed by atoms with Crippen LogP contribution in [0.4, 0.5) is 8.78 Å². The minimum absolute atomic E-state index is 0.00229. The van der Waals surface area contributed by atoms with Crippen molar-refractivity contribution in [1.82, 2.24) is 15.0 Å². The minimum Gasteiger partial charge on any atom is -0.460 e. The molecule has 0 bridgehead atoms. The van der Waals surface area contributed by atoms with Crippen molar-refractivity contribution in [2.45, 2.75) is 51.6 Å². The smallest absolute Gasteiger partial charge is 0.306 e. The quantitative estimate of drug-likeness (QED) is 0.469. The first-order chi connectivity index (χ1) is 15.7. The van der Waals surface area contributed by atoms with Crippen molar-refractivity contribution in [2.75, 3.05) is 0 Å². The number of esters is 1. The highest BCUT2D eigenvalue weighted by molar-refractivity contribution is 5.74. The van der Waals surface area contributed by atoms with Crippen molar-refractivity contribution in [2.24, 2.45) is 0 Å². The summed E-state index contributed by atoms with van der Waals surface area (Å²) in [5.74, 6) is -2.23. The van der Waals surface area contributed by atoms with Crippen LogP contribution in [0.5, 0.6) is 0 Å². The molecule has 5 nitrogen and oxygen atoms in total. The molecular formula is C26H25F2N3O2. The molecule has 0 aliphatic heterocycles. The molecule has 0 radical (unpaired) electrons. The summed E-state index contributed by atoms with van der Waals surface area (Å²) in [5.41, 5.74) is 3.94. The van der Waals surface area contributed by atoms with Crippen LogP contribution in [0.25, 0.3) is 17.2 Å². The highest BCUT2D eigenvalue weighted by atomic mass is 19.1. The normalized spacial score (nSPS) is 13.6. The number of carbonyl (C=O) groups is 1. The van der Waals surface area contributed by atoms with Crippen LogP contribution < -0.4 is 0 Å². The second-order valence-electron chi connectivity index (χ2n) is 9.16. The number of fused-ring (bicyclic) bond motifs is 1. The molecule has 2 aromatic heterocycles. The van der Waals surface area contributed by atoms with Crippen LogP contribution in [0.2, 0.25) is 0 Å². The van der Waals surface area contributed by atoms with Gasteiger partial charge in [0.15, 0.2) is 0 Å². The van der Waals surface area contributed by atoms with Gasteiger partial charge in [-0.05, 0) is 56.5 Å². The maximum absolute atomic E-state index is 13.9. The summed E-state index contributed by atoms with van der Waals surface area (Å²) in [5, 5.41) is 0. The zero-order valence-electron chi connectivity index (χ0n) is 18.8. The van der Waals surface area contributed by atoms with Crippen LogP contribution in [0.3, 0.4) is 0 Å². The molecule has 0 amide bonds. The van der Waals surface area contributed by atoms with E-state index in [-0.39, 0.29) is 12.8 Å². The predicted octanol–water partition coefficient (Wildman–Crippen LogP) is 5.44. The van der Waals surface area contributed by atoms with Gasteiger partial charge in [0.2, 0.25) is 0 Å². The lowest BCUT2D eigenvalue weighted by Gasteiger charge is -2.23. The van der Waals surface area contributed by atoms with Gasteiger partial charge in [0, 0.05) is 41.9 Å². The van der Waals surface area contributed by atoms with E-state index in [0.717, 1.165) is 34.9 Å². The molecule has 1 aromatic carbocycles. The highest BCUT2D eigenvalue weighted by Gasteiger charge is 2.26. The first-order valence-corrected chi connectivity index (χ1v) is 10.8. The highest BCUT2D eigenvalue weighted by Crippen LogP contribution is 2.33. The van der Waals surface area contributed by atoms with E-state index in [2.05, 4.69) is 15.0 Å². The summed E-state index contributed by atoms with van der Waals surface area (Å²) in [6.45, 7) is 5.38. The lowest BCUT2D eigenvalue weighted by molar-refractivity contribution is -0.155. The molecular weight excluding hydrogens is 424 g/mol. The van der Waals surface area contributed by atoms with Crippen LogP contribution in [0, 0.1) is 11.6 Å². The molecule has 0 fully saturated rings. The number of ether oxygens (including phenoxy) is 1. The van der Waals surface area contributed by atoms with E-state index in [9.17, 15) is 13.6 Å². The van der Waals surface area contributed by atoms with E-state index < -0.39 is 29.1 Å². The van der Waals surface area contributed by atoms with E-state index >= 15 is 0 Å². The fraction of sp³-hybridized carbons (Fsp3) is 0.308. The predicted molar refractivity (Wildman–Crippen MR) is 121 cm³/mol. The SMILES string of the molecule is CC(C)(C)OC(=O)C[C@@H](Cc1cc(F)cc(F)c1)c1ncncc1-c1cnc2c(c1)C=CC2. The van der Waals surface area contributed by atoms with Gasteiger partial charge in [-0.25, -0.2) is 18.7 Å². The molecule has 1 aliphatic carbocycles. The van der Waals surface area contributed by atoms with Gasteiger partial charge in [0.25, 0.3) is 0 Å². The number of carbonyl (C=O) groups excluding carboxylic acids is 1. The number of aromatic nitrogens is 3. The fourth-order valence-corrected chi connectivity index (χ4v) is 4.02. The second kappa shape index (κ2) is 9.17. The van der Waals surface area contributed by atoms with E-state index in [4.69, 9.17) is 4.74 Å². The third-order valence-corrected chi connectivity index (χ3v) is 5.29. The molecule has 33 heavy (non-hydrogen) atoms. The lowest BCUT2D eigenvalue weighted by Crippen LogP contribution is -2.25. The summed E-state index contributed by atoms with van der Waals surface area (Å²) in [6, 6.07) is 5.38. The standard InChI is InChI=1S/C26H25F2N3O2/c1-26(2,3)33-24(32)11-18(7-16-8-20(27)12-21(28)9-16)25-22(14-29-15-31-25)19-10-17-5-4-6-23(17)30-13-19/h4-5,8-10,12-15,18H,6-7,11H2,1-3H3/t18-/m1/s1. The summed E-state index contributed by atoms with van der Waals surface area (Å²) in [4.78, 5) is 25.9. The molecule has 2 heterocycles. The van der Waals surface area contributed by atoms with E-state index in [1.807, 2.05) is 18.2 Å². The molecule has 7 heteroatoms. The van der Waals surface area contributed by atoms with Crippen LogP contribution in [-0.2, 0) is 22.4 Å². The van der Waals surface area contributed by atoms with Crippen LogP contribution in [0.1, 0.15) is 55.6 Å². The molecule has 0 saturated heterocycles. The zero-order chi connectivity index (χ0) is 23.6. The molecule has 0 N–H and O–H groups in total. The number of hydrogen-bond donors (Lipinski definition) is 0. The van der Waals surface area contributed by atoms with Crippen molar-refractivity contribution >= 4 is 12.0 Å². The average Bonchev–Trinajstić information content (AvgIpc) is 3.19. The van der Waals surface area contributed by atoms with Gasteiger partial charge in [-0.2, -0.15) is 0 Å². The van der Waals surface area contributed by atoms with Gasteiger partial charge in [-0.1, -0.05) is 12.2 Å². The van der Waals surface area contributed by atoms with Gasteiger partial charge in [0.05, 0.1) is 17.8 Å². The molecule has 0 saturated carbocycles. The van der Waals surface area contributed by atoms with Crippen molar-refractivity contribution < 1.29 is 18.3 Å². The Labute approximate surface area is 191 Å².